The maximum Gasteiger partial charge on any atom is 0.255 e. The Morgan fingerprint density at radius 1 is 1.03 bits per heavy atom. The highest BCUT2D eigenvalue weighted by Gasteiger charge is 2.28. The van der Waals surface area contributed by atoms with E-state index in [4.69, 9.17) is 4.74 Å². The third kappa shape index (κ3) is 6.19. The molecule has 0 aromatic heterocycles. The predicted molar refractivity (Wildman–Crippen MR) is 141 cm³/mol. The maximum atomic E-state index is 13.0. The van der Waals surface area contributed by atoms with Crippen molar-refractivity contribution in [3.05, 3.63) is 107 Å². The van der Waals surface area contributed by atoms with Gasteiger partial charge in [-0.1, -0.05) is 36.4 Å². The van der Waals surface area contributed by atoms with Gasteiger partial charge >= 0.3 is 0 Å². The Morgan fingerprint density at radius 2 is 1.74 bits per heavy atom. The molecule has 2 N–H and O–H groups in total. The van der Waals surface area contributed by atoms with E-state index in [0.29, 0.717) is 11.3 Å². The van der Waals surface area contributed by atoms with Gasteiger partial charge in [0, 0.05) is 34.1 Å². The van der Waals surface area contributed by atoms with Crippen LogP contribution in [0.4, 0.5) is 5.69 Å². The van der Waals surface area contributed by atoms with Crippen molar-refractivity contribution in [2.75, 3.05) is 11.8 Å². The lowest BCUT2D eigenvalue weighted by molar-refractivity contribution is 0.104. The summed E-state index contributed by atoms with van der Waals surface area (Å²) in [6, 6.07) is 21.4. The van der Waals surface area contributed by atoms with Gasteiger partial charge in [0.05, 0.1) is 12.5 Å². The fraction of sp³-hybridized carbons (Fsp3) is 0.179. The molecular formula is C28H28N2O4S. The second kappa shape index (κ2) is 9.80. The second-order valence-electron chi connectivity index (χ2n) is 9.07. The summed E-state index contributed by atoms with van der Waals surface area (Å²) in [6.45, 7) is 4.18. The highest BCUT2D eigenvalue weighted by atomic mass is 32.2. The number of anilines is 1. The summed E-state index contributed by atoms with van der Waals surface area (Å²) in [4.78, 5) is 13.0. The zero-order chi connectivity index (χ0) is 25.1. The van der Waals surface area contributed by atoms with Gasteiger partial charge in [-0.2, -0.15) is 0 Å². The van der Waals surface area contributed by atoms with Crippen molar-refractivity contribution in [2.45, 2.75) is 25.8 Å². The number of nitrogens with one attached hydrogen (secondary N) is 2. The Balaban J connectivity index is 1.52. The SMILES string of the molecule is COc1ccc2c(c1)/C(=C/C(=O)c1ccc(NS(=O)(=O)C=Cc3ccccc3)cc1)NC(C)(C)C2. The van der Waals surface area contributed by atoms with Gasteiger partial charge in [-0.25, -0.2) is 8.42 Å². The molecule has 0 saturated heterocycles. The fourth-order valence-electron chi connectivity index (χ4n) is 4.00. The normalized spacial score (nSPS) is 15.9. The Labute approximate surface area is 206 Å². The van der Waals surface area contributed by atoms with Gasteiger partial charge in [-0.3, -0.25) is 9.52 Å². The van der Waals surface area contributed by atoms with E-state index in [9.17, 15) is 13.2 Å². The third-order valence-corrected chi connectivity index (χ3v) is 6.67. The molecule has 4 rings (SSSR count). The minimum absolute atomic E-state index is 0.183. The molecule has 0 saturated carbocycles. The van der Waals surface area contributed by atoms with Crippen molar-refractivity contribution in [1.82, 2.24) is 5.32 Å². The smallest absolute Gasteiger partial charge is 0.255 e. The molecule has 0 radical (unpaired) electrons. The first kappa shape index (κ1) is 24.3. The molecule has 0 fully saturated rings. The Bertz CT molecular complexity index is 1390. The number of carbonyl (C=O) groups excluding carboxylic acids is 1. The van der Waals surface area contributed by atoms with Crippen LogP contribution >= 0.6 is 0 Å². The summed E-state index contributed by atoms with van der Waals surface area (Å²) in [7, 11) is -2.08. The van der Waals surface area contributed by atoms with Gasteiger partial charge in [0.25, 0.3) is 10.0 Å². The number of fused-ring (bicyclic) bond motifs is 1. The first-order chi connectivity index (χ1) is 16.6. The van der Waals surface area contributed by atoms with E-state index < -0.39 is 10.0 Å². The Morgan fingerprint density at radius 3 is 2.43 bits per heavy atom. The molecule has 3 aromatic carbocycles. The summed E-state index contributed by atoms with van der Waals surface area (Å²) in [5.74, 6) is 0.541. The highest BCUT2D eigenvalue weighted by Crippen LogP contribution is 2.32. The average molecular weight is 489 g/mol. The number of allylic oxidation sites excluding steroid dienone is 1. The Hall–Kier alpha value is -3.84. The lowest BCUT2D eigenvalue weighted by Crippen LogP contribution is -2.43. The van der Waals surface area contributed by atoms with E-state index in [1.807, 2.05) is 48.5 Å². The zero-order valence-electron chi connectivity index (χ0n) is 19.9. The van der Waals surface area contributed by atoms with Crippen LogP contribution < -0.4 is 14.8 Å². The summed E-state index contributed by atoms with van der Waals surface area (Å²) >= 11 is 0. The van der Waals surface area contributed by atoms with Crippen LogP contribution in [0.15, 0.2) is 84.3 Å². The molecule has 35 heavy (non-hydrogen) atoms. The molecular weight excluding hydrogens is 460 g/mol. The van der Waals surface area contributed by atoms with Gasteiger partial charge in [0.1, 0.15) is 5.75 Å². The quantitative estimate of drug-likeness (QED) is 0.350. The predicted octanol–water partition coefficient (Wildman–Crippen LogP) is 5.26. The topological polar surface area (TPSA) is 84.5 Å². The first-order valence-corrected chi connectivity index (χ1v) is 12.8. The van der Waals surface area contributed by atoms with Crippen molar-refractivity contribution in [3.63, 3.8) is 0 Å². The molecule has 0 atom stereocenters. The molecule has 1 aliphatic heterocycles. The summed E-state index contributed by atoms with van der Waals surface area (Å²) in [5.41, 5.74) is 4.21. The standard InChI is InChI=1S/C28H28N2O4S/c1-28(2)19-22-11-14-24(34-3)17-25(22)26(29-28)18-27(31)21-9-12-23(13-10-21)30-35(32,33)16-15-20-7-5-4-6-8-20/h4-18,29-30H,19H2,1-3H3/b16-15?,26-18-. The number of rotatable bonds is 7. The van der Waals surface area contributed by atoms with Crippen LogP contribution in [0.2, 0.25) is 0 Å². The number of ketones is 1. The van der Waals surface area contributed by atoms with E-state index in [1.165, 1.54) is 6.08 Å². The molecule has 0 aliphatic carbocycles. The lowest BCUT2D eigenvalue weighted by Gasteiger charge is -2.35. The number of carbonyl (C=O) groups is 1. The molecule has 1 heterocycles. The number of benzene rings is 3. The van der Waals surface area contributed by atoms with E-state index in [2.05, 4.69) is 23.9 Å². The summed E-state index contributed by atoms with van der Waals surface area (Å²) in [6.07, 6.45) is 3.93. The largest absolute Gasteiger partial charge is 0.497 e. The first-order valence-electron chi connectivity index (χ1n) is 11.2. The monoisotopic (exact) mass is 488 g/mol. The molecule has 0 spiro atoms. The minimum atomic E-state index is -3.69. The van der Waals surface area contributed by atoms with Crippen LogP contribution in [0.5, 0.6) is 5.75 Å². The number of methoxy groups -OCH3 is 1. The van der Waals surface area contributed by atoms with Crippen molar-refractivity contribution in [1.29, 1.82) is 0 Å². The maximum absolute atomic E-state index is 13.0. The lowest BCUT2D eigenvalue weighted by atomic mass is 9.85. The van der Waals surface area contributed by atoms with Gasteiger partial charge in [-0.15, -0.1) is 0 Å². The molecule has 180 valence electrons. The number of hydrogen-bond donors (Lipinski definition) is 2. The second-order valence-corrected chi connectivity index (χ2v) is 10.6. The molecule has 0 amide bonds. The van der Waals surface area contributed by atoms with Gasteiger partial charge < -0.3 is 10.1 Å². The molecule has 3 aromatic rings. The van der Waals surface area contributed by atoms with Crippen LogP contribution in [-0.4, -0.2) is 26.8 Å². The molecule has 0 bridgehead atoms. The van der Waals surface area contributed by atoms with E-state index >= 15 is 0 Å². The van der Waals surface area contributed by atoms with Crippen molar-refractivity contribution in [3.8, 4) is 5.75 Å². The summed E-state index contributed by atoms with van der Waals surface area (Å²) in [5, 5.41) is 4.58. The average Bonchev–Trinajstić information content (AvgIpc) is 2.83. The molecule has 7 heteroatoms. The molecule has 1 aliphatic rings. The van der Waals surface area contributed by atoms with Gasteiger partial charge in [0.2, 0.25) is 0 Å². The number of hydrogen-bond acceptors (Lipinski definition) is 5. The number of ether oxygens (including phenoxy) is 1. The summed E-state index contributed by atoms with van der Waals surface area (Å²) < 4.78 is 32.7. The van der Waals surface area contributed by atoms with Crippen LogP contribution in [0, 0.1) is 0 Å². The van der Waals surface area contributed by atoms with Gasteiger partial charge in [0.15, 0.2) is 5.78 Å². The van der Waals surface area contributed by atoms with Crippen molar-refractivity contribution in [2.24, 2.45) is 0 Å². The van der Waals surface area contributed by atoms with Crippen LogP contribution in [0.1, 0.15) is 40.9 Å². The third-order valence-electron chi connectivity index (χ3n) is 5.66. The van der Waals surface area contributed by atoms with Crippen LogP contribution in [0.3, 0.4) is 0 Å². The molecule has 0 unspecified atom stereocenters. The molecule has 6 nitrogen and oxygen atoms in total. The van der Waals surface area contributed by atoms with E-state index in [0.717, 1.165) is 40.0 Å². The van der Waals surface area contributed by atoms with Crippen molar-refractivity contribution < 1.29 is 17.9 Å². The fourth-order valence-corrected chi connectivity index (χ4v) is 4.87. The van der Waals surface area contributed by atoms with E-state index in [-0.39, 0.29) is 11.3 Å². The van der Waals surface area contributed by atoms with Gasteiger partial charge in [-0.05, 0) is 73.9 Å². The minimum Gasteiger partial charge on any atom is -0.497 e. The highest BCUT2D eigenvalue weighted by molar-refractivity contribution is 7.95. The van der Waals surface area contributed by atoms with Crippen LogP contribution in [0.25, 0.3) is 11.8 Å². The Kier molecular flexibility index (Phi) is 6.80. The van der Waals surface area contributed by atoms with E-state index in [1.54, 1.807) is 37.5 Å². The van der Waals surface area contributed by atoms with Crippen molar-refractivity contribution >= 4 is 33.3 Å². The number of sulfonamides is 1. The zero-order valence-corrected chi connectivity index (χ0v) is 20.7. The van der Waals surface area contributed by atoms with Crippen LogP contribution in [-0.2, 0) is 16.4 Å².